The number of pyridine rings is 1. The molecule has 0 saturated heterocycles. The van der Waals surface area contributed by atoms with Crippen LogP contribution in [0.4, 0.5) is 17.1 Å². The number of nitrogens with one attached hydrogen (secondary N) is 3. The average Bonchev–Trinajstić information content (AvgIpc) is 2.63. The summed E-state index contributed by atoms with van der Waals surface area (Å²) < 4.78 is 0. The first-order valence-electron chi connectivity index (χ1n) is 7.88. The first-order chi connectivity index (χ1) is 11.7. The Bertz CT molecular complexity index is 862. The Morgan fingerprint density at radius 3 is 2.75 bits per heavy atom. The Morgan fingerprint density at radius 2 is 1.92 bits per heavy atom. The zero-order chi connectivity index (χ0) is 16.7. The van der Waals surface area contributed by atoms with Crippen molar-refractivity contribution in [3.63, 3.8) is 0 Å². The summed E-state index contributed by atoms with van der Waals surface area (Å²) in [5.74, 6) is -0.353. The van der Waals surface area contributed by atoms with E-state index >= 15 is 0 Å². The molecule has 0 fully saturated rings. The molecule has 1 aliphatic carbocycles. The van der Waals surface area contributed by atoms with Gasteiger partial charge in [-0.1, -0.05) is 0 Å². The Kier molecular flexibility index (Phi) is 3.42. The van der Waals surface area contributed by atoms with Crippen molar-refractivity contribution in [1.82, 2.24) is 4.98 Å². The summed E-state index contributed by atoms with van der Waals surface area (Å²) in [6, 6.07) is 3.46. The van der Waals surface area contributed by atoms with E-state index in [4.69, 9.17) is 5.73 Å². The normalized spacial score (nSPS) is 14.9. The molecule has 5 N–H and O–H groups in total. The third-order valence-corrected chi connectivity index (χ3v) is 4.29. The number of carbonyl (C=O) groups excluding carboxylic acids is 2. The predicted octanol–water partition coefficient (Wildman–Crippen LogP) is 1.06. The molecule has 24 heavy (non-hydrogen) atoms. The number of benzene rings is 1. The molecule has 0 bridgehead atoms. The van der Waals surface area contributed by atoms with Gasteiger partial charge in [0.15, 0.2) is 11.6 Å². The quantitative estimate of drug-likeness (QED) is 0.571. The van der Waals surface area contributed by atoms with Gasteiger partial charge in [0, 0.05) is 49.8 Å². The fourth-order valence-corrected chi connectivity index (χ4v) is 3.24. The van der Waals surface area contributed by atoms with Gasteiger partial charge < -0.3 is 21.7 Å². The van der Waals surface area contributed by atoms with Gasteiger partial charge in [-0.3, -0.25) is 14.6 Å². The van der Waals surface area contributed by atoms with E-state index in [-0.39, 0.29) is 11.6 Å². The summed E-state index contributed by atoms with van der Waals surface area (Å²) in [5, 5.41) is 9.70. The second-order valence-electron chi connectivity index (χ2n) is 5.75. The fraction of sp³-hybridized carbons (Fsp3) is 0.235. The summed E-state index contributed by atoms with van der Waals surface area (Å²) in [5.41, 5.74) is 9.26. The van der Waals surface area contributed by atoms with Gasteiger partial charge >= 0.3 is 0 Å². The number of aromatic nitrogens is 1. The number of anilines is 3. The highest BCUT2D eigenvalue weighted by atomic mass is 16.1. The number of ketones is 2. The monoisotopic (exact) mass is 323 g/mol. The van der Waals surface area contributed by atoms with Crippen molar-refractivity contribution in [1.29, 1.82) is 0 Å². The summed E-state index contributed by atoms with van der Waals surface area (Å²) >= 11 is 0. The fourth-order valence-electron chi connectivity index (χ4n) is 3.24. The molecule has 2 aromatic rings. The lowest BCUT2D eigenvalue weighted by Gasteiger charge is -2.28. The van der Waals surface area contributed by atoms with Crippen molar-refractivity contribution in [2.75, 3.05) is 42.1 Å². The van der Waals surface area contributed by atoms with E-state index in [1.807, 2.05) is 6.07 Å². The van der Waals surface area contributed by atoms with Crippen LogP contribution in [-0.4, -0.2) is 42.7 Å². The van der Waals surface area contributed by atoms with Crippen molar-refractivity contribution in [3.8, 4) is 0 Å². The smallest absolute Gasteiger partial charge is 0.198 e. The summed E-state index contributed by atoms with van der Waals surface area (Å²) in [6.45, 7) is 2.39. The van der Waals surface area contributed by atoms with E-state index < -0.39 is 0 Å². The number of carbonyl (C=O) groups is 2. The molecule has 122 valence electrons. The van der Waals surface area contributed by atoms with Gasteiger partial charge in [0.05, 0.1) is 28.1 Å². The summed E-state index contributed by atoms with van der Waals surface area (Å²) in [4.78, 5) is 30.1. The lowest BCUT2D eigenvalue weighted by molar-refractivity contribution is 0.0980. The van der Waals surface area contributed by atoms with Crippen molar-refractivity contribution in [3.05, 3.63) is 46.8 Å². The van der Waals surface area contributed by atoms with Gasteiger partial charge in [-0.05, 0) is 12.1 Å². The lowest BCUT2D eigenvalue weighted by Crippen LogP contribution is -2.29. The van der Waals surface area contributed by atoms with Crippen LogP contribution in [0.1, 0.15) is 31.8 Å². The minimum Gasteiger partial charge on any atom is -0.383 e. The number of hydrogen-bond acceptors (Lipinski definition) is 7. The summed E-state index contributed by atoms with van der Waals surface area (Å²) in [6.07, 6.45) is 2.99. The second-order valence-corrected chi connectivity index (χ2v) is 5.75. The number of rotatable bonds is 3. The predicted molar refractivity (Wildman–Crippen MR) is 92.1 cm³/mol. The number of nitrogens with two attached hydrogens (primary N) is 1. The van der Waals surface area contributed by atoms with E-state index in [0.29, 0.717) is 53.3 Å². The molecule has 0 atom stereocenters. The van der Waals surface area contributed by atoms with Gasteiger partial charge in [0.25, 0.3) is 0 Å². The van der Waals surface area contributed by atoms with Crippen molar-refractivity contribution in [2.45, 2.75) is 0 Å². The van der Waals surface area contributed by atoms with E-state index in [1.54, 1.807) is 6.07 Å². The highest BCUT2D eigenvalue weighted by Gasteiger charge is 2.36. The van der Waals surface area contributed by atoms with Crippen molar-refractivity contribution >= 4 is 28.6 Å². The third kappa shape index (κ3) is 2.05. The van der Waals surface area contributed by atoms with Crippen molar-refractivity contribution < 1.29 is 9.59 Å². The van der Waals surface area contributed by atoms with Gasteiger partial charge in [0.2, 0.25) is 0 Å². The van der Waals surface area contributed by atoms with Crippen LogP contribution in [0.2, 0.25) is 0 Å². The molecule has 0 spiro atoms. The highest BCUT2D eigenvalue weighted by molar-refractivity contribution is 6.32. The molecule has 1 aromatic carbocycles. The Labute approximate surface area is 138 Å². The SMILES string of the molecule is NCCNc1cc2c(c3c1C(=O)c1cnccc1C3=O)NCCN2. The molecular formula is C17H17N5O2. The standard InChI is InChI=1S/C17H17N5O2/c18-2-4-20-11-7-12-15(22-6-5-21-12)14-13(11)17(24)10-8-19-3-1-9(10)16(14)23/h1,3,7-8,20-22H,2,4-6,18H2. The van der Waals surface area contributed by atoms with Crippen LogP contribution >= 0.6 is 0 Å². The maximum Gasteiger partial charge on any atom is 0.198 e. The van der Waals surface area contributed by atoms with Gasteiger partial charge in [0.1, 0.15) is 0 Å². The highest BCUT2D eigenvalue weighted by Crippen LogP contribution is 2.41. The van der Waals surface area contributed by atoms with E-state index in [1.165, 1.54) is 12.4 Å². The van der Waals surface area contributed by atoms with Crippen LogP contribution in [0.15, 0.2) is 24.5 Å². The Hall–Kier alpha value is -2.93. The first kappa shape index (κ1) is 14.6. The molecule has 2 aliphatic rings. The minimum atomic E-state index is -0.192. The summed E-state index contributed by atoms with van der Waals surface area (Å²) in [7, 11) is 0. The second kappa shape index (κ2) is 5.61. The minimum absolute atomic E-state index is 0.161. The van der Waals surface area contributed by atoms with Crippen LogP contribution in [0.25, 0.3) is 0 Å². The molecule has 1 aromatic heterocycles. The van der Waals surface area contributed by atoms with Crippen LogP contribution in [-0.2, 0) is 0 Å². The first-order valence-corrected chi connectivity index (χ1v) is 7.88. The zero-order valence-corrected chi connectivity index (χ0v) is 13.0. The Balaban J connectivity index is 1.98. The number of fused-ring (bicyclic) bond motifs is 4. The molecule has 0 amide bonds. The lowest BCUT2D eigenvalue weighted by atomic mass is 9.82. The topological polar surface area (TPSA) is 109 Å². The third-order valence-electron chi connectivity index (χ3n) is 4.29. The molecule has 2 heterocycles. The van der Waals surface area contributed by atoms with E-state index in [9.17, 15) is 9.59 Å². The number of hydrogen-bond donors (Lipinski definition) is 4. The van der Waals surface area contributed by atoms with E-state index in [0.717, 1.165) is 12.2 Å². The largest absolute Gasteiger partial charge is 0.383 e. The molecule has 0 saturated carbocycles. The molecule has 7 nitrogen and oxygen atoms in total. The zero-order valence-electron chi connectivity index (χ0n) is 13.0. The van der Waals surface area contributed by atoms with Gasteiger partial charge in [-0.25, -0.2) is 0 Å². The average molecular weight is 323 g/mol. The molecule has 0 unspecified atom stereocenters. The number of nitrogens with zero attached hydrogens (tertiary/aromatic N) is 1. The van der Waals surface area contributed by atoms with Crippen molar-refractivity contribution in [2.24, 2.45) is 5.73 Å². The molecule has 0 radical (unpaired) electrons. The van der Waals surface area contributed by atoms with Crippen LogP contribution < -0.4 is 21.7 Å². The maximum absolute atomic E-state index is 13.1. The molecule has 1 aliphatic heterocycles. The maximum atomic E-state index is 13.1. The van der Waals surface area contributed by atoms with E-state index in [2.05, 4.69) is 20.9 Å². The molecule has 7 heteroatoms. The van der Waals surface area contributed by atoms with Crippen LogP contribution in [0.5, 0.6) is 0 Å². The Morgan fingerprint density at radius 1 is 1.12 bits per heavy atom. The van der Waals surface area contributed by atoms with Crippen LogP contribution in [0, 0.1) is 0 Å². The van der Waals surface area contributed by atoms with Crippen LogP contribution in [0.3, 0.4) is 0 Å². The molecule has 4 rings (SSSR count). The van der Waals surface area contributed by atoms with Gasteiger partial charge in [-0.15, -0.1) is 0 Å². The molecular weight excluding hydrogens is 306 g/mol. The van der Waals surface area contributed by atoms with Gasteiger partial charge in [-0.2, -0.15) is 0 Å².